The summed E-state index contributed by atoms with van der Waals surface area (Å²) in [6, 6.07) is 6.37. The van der Waals surface area contributed by atoms with Crippen LogP contribution in [-0.4, -0.2) is 56.4 Å². The molecular weight excluding hydrogens is 322 g/mol. The number of benzene rings is 1. The van der Waals surface area contributed by atoms with Crippen LogP contribution in [0.5, 0.6) is 0 Å². The second kappa shape index (κ2) is 6.88. The van der Waals surface area contributed by atoms with E-state index in [0.717, 1.165) is 4.90 Å². The molecule has 0 unspecified atom stereocenters. The molecule has 0 fully saturated rings. The Morgan fingerprint density at radius 3 is 2.17 bits per heavy atom. The monoisotopic (exact) mass is 339 g/mol. The number of nitrogens with one attached hydrogen (secondary N) is 2. The summed E-state index contributed by atoms with van der Waals surface area (Å²) in [5.74, 6) is -1.62. The van der Waals surface area contributed by atoms with Crippen molar-refractivity contribution in [2.45, 2.75) is 6.92 Å². The van der Waals surface area contributed by atoms with E-state index in [1.807, 2.05) is 0 Å². The van der Waals surface area contributed by atoms with Crippen molar-refractivity contribution in [1.29, 1.82) is 0 Å². The van der Waals surface area contributed by atoms with Crippen LogP contribution in [0.25, 0.3) is 0 Å². The van der Waals surface area contributed by atoms with E-state index in [1.54, 1.807) is 12.1 Å². The zero-order chi connectivity index (χ0) is 17.0. The minimum Gasteiger partial charge on any atom is -0.355 e. The lowest BCUT2D eigenvalue weighted by Crippen LogP contribution is -2.39. The molecule has 0 saturated carbocycles. The normalized spacial score (nSPS) is 14.0. The highest BCUT2D eigenvalue weighted by Crippen LogP contribution is 2.21. The number of amides is 3. The first kappa shape index (κ1) is 17.1. The average Bonchev–Trinajstić information content (AvgIpc) is 2.74. The van der Waals surface area contributed by atoms with Crippen LogP contribution in [0, 0.1) is 0 Å². The van der Waals surface area contributed by atoms with Crippen molar-refractivity contribution in [3.63, 3.8) is 0 Å². The molecule has 0 spiro atoms. The first-order valence-electron chi connectivity index (χ1n) is 6.99. The molecule has 0 aromatic heterocycles. The first-order valence-corrected chi connectivity index (χ1v) is 8.64. The smallest absolute Gasteiger partial charge is 0.261 e. The maximum absolute atomic E-state index is 12.1. The molecule has 124 valence electrons. The Morgan fingerprint density at radius 2 is 1.65 bits per heavy atom. The van der Waals surface area contributed by atoms with Gasteiger partial charge < -0.3 is 5.32 Å². The summed E-state index contributed by atoms with van der Waals surface area (Å²) in [6.45, 7) is 1.32. The molecule has 23 heavy (non-hydrogen) atoms. The summed E-state index contributed by atoms with van der Waals surface area (Å²) < 4.78 is 26.0. The van der Waals surface area contributed by atoms with Crippen molar-refractivity contribution in [2.75, 3.05) is 25.4 Å². The number of imide groups is 1. The third kappa shape index (κ3) is 4.14. The molecule has 0 saturated heterocycles. The van der Waals surface area contributed by atoms with E-state index in [9.17, 15) is 22.8 Å². The molecule has 0 atom stereocenters. The molecule has 1 aromatic rings. The van der Waals surface area contributed by atoms with Gasteiger partial charge in [0, 0.05) is 26.6 Å². The fourth-order valence-electron chi connectivity index (χ4n) is 2.17. The Bertz CT molecular complexity index is 710. The van der Waals surface area contributed by atoms with Crippen LogP contribution in [0.15, 0.2) is 24.3 Å². The molecule has 1 heterocycles. The van der Waals surface area contributed by atoms with E-state index < -0.39 is 27.6 Å². The minimum absolute atomic E-state index is 0.0457. The number of nitrogens with zero attached hydrogens (tertiary/aromatic N) is 1. The summed E-state index contributed by atoms with van der Waals surface area (Å²) >= 11 is 0. The van der Waals surface area contributed by atoms with Crippen LogP contribution in [0.4, 0.5) is 0 Å². The Hall–Kier alpha value is -2.26. The van der Waals surface area contributed by atoms with E-state index in [1.165, 1.54) is 19.1 Å². The minimum atomic E-state index is -3.65. The molecule has 0 aliphatic carbocycles. The third-order valence-electron chi connectivity index (χ3n) is 3.28. The molecule has 9 heteroatoms. The van der Waals surface area contributed by atoms with Crippen LogP contribution in [0.1, 0.15) is 27.6 Å². The molecule has 3 amide bonds. The standard InChI is InChI=1S/C14H17N3O5S/c1-10(18)15-6-7-16-23(21,22)9-8-17-13(19)11-4-2-3-5-12(11)14(17)20/h2-5,16H,6-9H2,1H3,(H,15,18). The SMILES string of the molecule is CC(=O)NCCNS(=O)(=O)CCN1C(=O)c2ccccc2C1=O. The van der Waals surface area contributed by atoms with Gasteiger partial charge in [0.05, 0.1) is 16.9 Å². The van der Waals surface area contributed by atoms with Crippen LogP contribution in [0.3, 0.4) is 0 Å². The topological polar surface area (TPSA) is 113 Å². The lowest BCUT2D eigenvalue weighted by Gasteiger charge is -2.14. The Balaban J connectivity index is 1.90. The number of carbonyl (C=O) groups excluding carboxylic acids is 3. The predicted octanol–water partition coefficient (Wildman–Crippen LogP) is -0.662. The summed E-state index contributed by atoms with van der Waals surface area (Å²) in [7, 11) is -3.65. The Kier molecular flexibility index (Phi) is 5.12. The van der Waals surface area contributed by atoms with Crippen molar-refractivity contribution in [2.24, 2.45) is 0 Å². The van der Waals surface area contributed by atoms with Crippen molar-refractivity contribution in [3.8, 4) is 0 Å². The van der Waals surface area contributed by atoms with Gasteiger partial charge in [-0.2, -0.15) is 0 Å². The van der Waals surface area contributed by atoms with Gasteiger partial charge in [-0.1, -0.05) is 12.1 Å². The highest BCUT2D eigenvalue weighted by Gasteiger charge is 2.35. The van der Waals surface area contributed by atoms with E-state index in [0.29, 0.717) is 0 Å². The molecule has 8 nitrogen and oxygen atoms in total. The molecule has 2 rings (SSSR count). The summed E-state index contributed by atoms with van der Waals surface area (Å²) in [4.78, 5) is 35.8. The molecular formula is C14H17N3O5S. The van der Waals surface area contributed by atoms with Gasteiger partial charge in [0.1, 0.15) is 0 Å². The largest absolute Gasteiger partial charge is 0.355 e. The molecule has 2 N–H and O–H groups in total. The average molecular weight is 339 g/mol. The highest BCUT2D eigenvalue weighted by atomic mass is 32.2. The van der Waals surface area contributed by atoms with Crippen LogP contribution in [0.2, 0.25) is 0 Å². The van der Waals surface area contributed by atoms with Gasteiger partial charge >= 0.3 is 0 Å². The summed E-state index contributed by atoms with van der Waals surface area (Å²) in [6.07, 6.45) is 0. The lowest BCUT2D eigenvalue weighted by atomic mass is 10.1. The van der Waals surface area contributed by atoms with Crippen LogP contribution < -0.4 is 10.0 Å². The maximum atomic E-state index is 12.1. The number of hydrogen-bond donors (Lipinski definition) is 2. The van der Waals surface area contributed by atoms with Crippen LogP contribution >= 0.6 is 0 Å². The number of hydrogen-bond acceptors (Lipinski definition) is 5. The maximum Gasteiger partial charge on any atom is 0.261 e. The predicted molar refractivity (Wildman–Crippen MR) is 82.3 cm³/mol. The third-order valence-corrected chi connectivity index (χ3v) is 4.65. The fraction of sp³-hybridized carbons (Fsp3) is 0.357. The lowest BCUT2D eigenvalue weighted by molar-refractivity contribution is -0.118. The second-order valence-electron chi connectivity index (χ2n) is 5.00. The van der Waals surface area contributed by atoms with E-state index >= 15 is 0 Å². The van der Waals surface area contributed by atoms with E-state index in [2.05, 4.69) is 10.0 Å². The quantitative estimate of drug-likeness (QED) is 0.506. The highest BCUT2D eigenvalue weighted by molar-refractivity contribution is 7.89. The van der Waals surface area contributed by atoms with Crippen molar-refractivity contribution in [1.82, 2.24) is 14.9 Å². The van der Waals surface area contributed by atoms with Gasteiger partial charge in [-0.15, -0.1) is 0 Å². The van der Waals surface area contributed by atoms with Gasteiger partial charge in [-0.3, -0.25) is 19.3 Å². The van der Waals surface area contributed by atoms with E-state index in [4.69, 9.17) is 0 Å². The van der Waals surface area contributed by atoms with Gasteiger partial charge in [0.2, 0.25) is 15.9 Å². The second-order valence-corrected chi connectivity index (χ2v) is 6.93. The molecule has 1 aromatic carbocycles. The number of rotatable bonds is 7. The molecule has 0 bridgehead atoms. The molecule has 1 aliphatic heterocycles. The zero-order valence-electron chi connectivity index (χ0n) is 12.5. The number of carbonyl (C=O) groups is 3. The molecule has 0 radical (unpaired) electrons. The van der Waals surface area contributed by atoms with Gasteiger partial charge in [0.25, 0.3) is 11.8 Å². The Labute approximate surface area is 133 Å². The Morgan fingerprint density at radius 1 is 1.09 bits per heavy atom. The first-order chi connectivity index (χ1) is 10.8. The van der Waals surface area contributed by atoms with E-state index in [-0.39, 0.29) is 36.7 Å². The van der Waals surface area contributed by atoms with Gasteiger partial charge in [0.15, 0.2) is 0 Å². The molecule has 1 aliphatic rings. The zero-order valence-corrected chi connectivity index (χ0v) is 13.4. The van der Waals surface area contributed by atoms with Gasteiger partial charge in [-0.05, 0) is 12.1 Å². The number of sulfonamides is 1. The van der Waals surface area contributed by atoms with Crippen molar-refractivity contribution >= 4 is 27.7 Å². The summed E-state index contributed by atoms with van der Waals surface area (Å²) in [5.41, 5.74) is 0.571. The fourth-order valence-corrected chi connectivity index (χ4v) is 3.15. The number of fused-ring (bicyclic) bond motifs is 1. The van der Waals surface area contributed by atoms with Crippen molar-refractivity contribution in [3.05, 3.63) is 35.4 Å². The van der Waals surface area contributed by atoms with Crippen LogP contribution in [-0.2, 0) is 14.8 Å². The van der Waals surface area contributed by atoms with Crippen molar-refractivity contribution < 1.29 is 22.8 Å². The van der Waals surface area contributed by atoms with Gasteiger partial charge in [-0.25, -0.2) is 13.1 Å². The summed E-state index contributed by atoms with van der Waals surface area (Å²) in [5, 5.41) is 2.46.